The minimum absolute atomic E-state index is 0.0166. The minimum Gasteiger partial charge on any atom is -0.507 e. The highest BCUT2D eigenvalue weighted by Crippen LogP contribution is 2.43. The lowest BCUT2D eigenvalue weighted by atomic mass is 9.93. The maximum atomic E-state index is 14.3. The van der Waals surface area contributed by atoms with Crippen LogP contribution in [0.2, 0.25) is 0 Å². The van der Waals surface area contributed by atoms with Crippen LogP contribution in [0.15, 0.2) is 18.2 Å². The van der Waals surface area contributed by atoms with E-state index in [1.54, 1.807) is 50.8 Å². The third-order valence-electron chi connectivity index (χ3n) is 7.42. The smallest absolute Gasteiger partial charge is 0.408 e. The number of aryl methyl sites for hydroxylation is 1. The van der Waals surface area contributed by atoms with Crippen LogP contribution in [-0.4, -0.2) is 51.6 Å². The molecule has 0 bridgehead atoms. The second kappa shape index (κ2) is 12.4. The van der Waals surface area contributed by atoms with E-state index in [0.717, 1.165) is 38.5 Å². The maximum Gasteiger partial charge on any atom is 0.408 e. The Bertz CT molecular complexity index is 996. The van der Waals surface area contributed by atoms with Crippen molar-refractivity contribution in [3.8, 4) is 5.75 Å². The van der Waals surface area contributed by atoms with Gasteiger partial charge in [-0.3, -0.25) is 9.59 Å². The Morgan fingerprint density at radius 3 is 2.32 bits per heavy atom. The summed E-state index contributed by atoms with van der Waals surface area (Å²) in [7, 11) is 0. The van der Waals surface area contributed by atoms with Crippen molar-refractivity contribution >= 4 is 17.9 Å². The number of amides is 3. The molecule has 0 heterocycles. The highest BCUT2D eigenvalue weighted by molar-refractivity contribution is 5.93. The van der Waals surface area contributed by atoms with Crippen LogP contribution in [0.1, 0.15) is 104 Å². The van der Waals surface area contributed by atoms with E-state index in [-0.39, 0.29) is 41.5 Å². The van der Waals surface area contributed by atoms with Crippen molar-refractivity contribution in [2.45, 2.75) is 123 Å². The molecule has 38 heavy (non-hydrogen) atoms. The molecule has 3 amide bonds. The number of hydrogen-bond donors (Lipinski definition) is 3. The van der Waals surface area contributed by atoms with E-state index in [2.05, 4.69) is 17.6 Å². The summed E-state index contributed by atoms with van der Waals surface area (Å²) in [5.74, 6) is -0.284. The van der Waals surface area contributed by atoms with Crippen LogP contribution in [0.4, 0.5) is 4.79 Å². The lowest BCUT2D eigenvalue weighted by molar-refractivity contribution is -0.144. The Balaban J connectivity index is 2.01. The van der Waals surface area contributed by atoms with Gasteiger partial charge in [0.1, 0.15) is 23.4 Å². The SMILES string of the molecule is Cc1cccc(C(C(=O)NC2CCCCC2)N(C(=O)C(CC(C)C)NC(=O)OC(C)(C)C)C2CC2C)c1O. The van der Waals surface area contributed by atoms with Gasteiger partial charge in [-0.05, 0) is 70.8 Å². The number of rotatable bonds is 9. The lowest BCUT2D eigenvalue weighted by Crippen LogP contribution is -2.55. The van der Waals surface area contributed by atoms with Gasteiger partial charge in [-0.15, -0.1) is 0 Å². The number of para-hydroxylation sites is 1. The zero-order valence-electron chi connectivity index (χ0n) is 24.2. The van der Waals surface area contributed by atoms with E-state index in [9.17, 15) is 19.5 Å². The fourth-order valence-corrected chi connectivity index (χ4v) is 5.34. The lowest BCUT2D eigenvalue weighted by Gasteiger charge is -2.37. The number of benzene rings is 1. The molecule has 4 unspecified atom stereocenters. The zero-order chi connectivity index (χ0) is 28.2. The van der Waals surface area contributed by atoms with E-state index in [4.69, 9.17) is 4.74 Å². The van der Waals surface area contributed by atoms with Gasteiger partial charge in [-0.25, -0.2) is 4.79 Å². The van der Waals surface area contributed by atoms with Crippen LogP contribution in [0.3, 0.4) is 0 Å². The van der Waals surface area contributed by atoms with Gasteiger partial charge in [-0.1, -0.05) is 58.2 Å². The molecule has 3 N–H and O–H groups in total. The first-order valence-corrected chi connectivity index (χ1v) is 14.2. The third-order valence-corrected chi connectivity index (χ3v) is 7.42. The number of hydrogen-bond acceptors (Lipinski definition) is 5. The standard InChI is InChI=1S/C30H47N3O5/c1-18(2)16-23(32-29(37)38-30(5,6)7)28(36)33(24-17-20(24)4)25(22-15-11-12-19(3)26(22)34)27(35)31-21-13-9-8-10-14-21/h11-12,15,18,20-21,23-25,34H,8-10,13-14,16-17H2,1-7H3,(H,31,35)(H,32,37). The fraction of sp³-hybridized carbons (Fsp3) is 0.700. The van der Waals surface area contributed by atoms with Gasteiger partial charge in [0, 0.05) is 17.6 Å². The summed E-state index contributed by atoms with van der Waals surface area (Å²) in [6, 6.07) is 3.31. The van der Waals surface area contributed by atoms with Crippen LogP contribution >= 0.6 is 0 Å². The van der Waals surface area contributed by atoms with E-state index in [1.807, 2.05) is 13.8 Å². The molecule has 2 aliphatic rings. The maximum absolute atomic E-state index is 14.3. The van der Waals surface area contributed by atoms with E-state index in [0.29, 0.717) is 17.5 Å². The molecule has 2 fully saturated rings. The molecule has 1 aromatic carbocycles. The Kier molecular flexibility index (Phi) is 9.71. The topological polar surface area (TPSA) is 108 Å². The van der Waals surface area contributed by atoms with Crippen LogP contribution in [0.5, 0.6) is 5.75 Å². The number of nitrogens with one attached hydrogen (secondary N) is 2. The second-order valence-electron chi connectivity index (χ2n) is 12.6. The molecule has 0 aromatic heterocycles. The molecule has 2 aliphatic carbocycles. The third kappa shape index (κ3) is 7.87. The summed E-state index contributed by atoms with van der Waals surface area (Å²) >= 11 is 0. The number of phenols is 1. The molecule has 4 atom stereocenters. The van der Waals surface area contributed by atoms with Crippen LogP contribution in [0.25, 0.3) is 0 Å². The summed E-state index contributed by atoms with van der Waals surface area (Å²) in [5.41, 5.74) is 0.335. The normalized spacial score (nSPS) is 21.4. The molecule has 8 nitrogen and oxygen atoms in total. The van der Waals surface area contributed by atoms with E-state index < -0.39 is 23.8 Å². The summed E-state index contributed by atoms with van der Waals surface area (Å²) in [5, 5.41) is 17.1. The average molecular weight is 530 g/mol. The van der Waals surface area contributed by atoms with Crippen molar-refractivity contribution in [1.29, 1.82) is 0 Å². The van der Waals surface area contributed by atoms with Gasteiger partial charge < -0.3 is 25.4 Å². The highest BCUT2D eigenvalue weighted by atomic mass is 16.6. The Morgan fingerprint density at radius 2 is 1.76 bits per heavy atom. The number of ether oxygens (including phenoxy) is 1. The predicted molar refractivity (Wildman–Crippen MR) is 148 cm³/mol. The molecule has 0 radical (unpaired) electrons. The monoisotopic (exact) mass is 529 g/mol. The first kappa shape index (κ1) is 29.8. The van der Waals surface area contributed by atoms with Crippen LogP contribution in [-0.2, 0) is 14.3 Å². The van der Waals surface area contributed by atoms with Crippen LogP contribution < -0.4 is 10.6 Å². The highest BCUT2D eigenvalue weighted by Gasteiger charge is 2.49. The quantitative estimate of drug-likeness (QED) is 0.399. The molecule has 212 valence electrons. The van der Waals surface area contributed by atoms with Gasteiger partial charge in [0.2, 0.25) is 11.8 Å². The molecule has 0 saturated heterocycles. The van der Waals surface area contributed by atoms with Crippen molar-refractivity contribution in [2.75, 3.05) is 0 Å². The van der Waals surface area contributed by atoms with Gasteiger partial charge in [-0.2, -0.15) is 0 Å². The summed E-state index contributed by atoms with van der Waals surface area (Å²) < 4.78 is 5.46. The molecular formula is C30H47N3O5. The van der Waals surface area contributed by atoms with Gasteiger partial charge in [0.25, 0.3) is 0 Å². The van der Waals surface area contributed by atoms with E-state index in [1.165, 1.54) is 0 Å². The average Bonchev–Trinajstić information content (AvgIpc) is 3.53. The summed E-state index contributed by atoms with van der Waals surface area (Å²) in [4.78, 5) is 42.7. The summed E-state index contributed by atoms with van der Waals surface area (Å²) in [6.07, 6.45) is 5.57. The first-order chi connectivity index (χ1) is 17.8. The Hall–Kier alpha value is -2.77. The first-order valence-electron chi connectivity index (χ1n) is 14.2. The minimum atomic E-state index is -1.01. The second-order valence-corrected chi connectivity index (χ2v) is 12.6. The number of aromatic hydroxyl groups is 1. The fourth-order valence-electron chi connectivity index (χ4n) is 5.34. The zero-order valence-corrected chi connectivity index (χ0v) is 24.2. The number of alkyl carbamates (subject to hydrolysis) is 1. The van der Waals surface area contributed by atoms with Gasteiger partial charge >= 0.3 is 6.09 Å². The number of carbonyl (C=O) groups is 3. The predicted octanol–water partition coefficient (Wildman–Crippen LogP) is 5.37. The van der Waals surface area contributed by atoms with Crippen molar-refractivity contribution in [3.05, 3.63) is 29.3 Å². The molecule has 1 aromatic rings. The summed E-state index contributed by atoms with van der Waals surface area (Å²) in [6.45, 7) is 13.1. The van der Waals surface area contributed by atoms with Gasteiger partial charge in [0.05, 0.1) is 0 Å². The largest absolute Gasteiger partial charge is 0.507 e. The van der Waals surface area contributed by atoms with Crippen molar-refractivity contribution in [3.63, 3.8) is 0 Å². The van der Waals surface area contributed by atoms with Gasteiger partial charge in [0.15, 0.2) is 0 Å². The molecular weight excluding hydrogens is 482 g/mol. The number of carbonyl (C=O) groups excluding carboxylic acids is 3. The van der Waals surface area contributed by atoms with E-state index >= 15 is 0 Å². The molecule has 3 rings (SSSR count). The Morgan fingerprint density at radius 1 is 1.13 bits per heavy atom. The molecule has 0 spiro atoms. The molecule has 0 aliphatic heterocycles. The Labute approximate surface area is 227 Å². The number of phenolic OH excluding ortho intramolecular Hbond substituents is 1. The van der Waals surface area contributed by atoms with Crippen molar-refractivity contribution < 1.29 is 24.2 Å². The van der Waals surface area contributed by atoms with Crippen molar-refractivity contribution in [1.82, 2.24) is 15.5 Å². The molecule has 2 saturated carbocycles. The molecule has 8 heteroatoms. The number of nitrogens with zero attached hydrogens (tertiary/aromatic N) is 1. The van der Waals surface area contributed by atoms with Crippen molar-refractivity contribution in [2.24, 2.45) is 11.8 Å². The van der Waals surface area contributed by atoms with Crippen LogP contribution in [0, 0.1) is 18.8 Å².